The van der Waals surface area contributed by atoms with Gasteiger partial charge in [0.2, 0.25) is 0 Å². The lowest BCUT2D eigenvalue weighted by Crippen LogP contribution is -2.34. The monoisotopic (exact) mass is 349 g/mol. The van der Waals surface area contributed by atoms with Gasteiger partial charge in [-0.3, -0.25) is 0 Å². The summed E-state index contributed by atoms with van der Waals surface area (Å²) >= 11 is 0. The third kappa shape index (κ3) is 3.94. The molecule has 0 unspecified atom stereocenters. The molecule has 1 N–H and O–H groups in total. The lowest BCUT2D eigenvalue weighted by atomic mass is 10.0. The van der Waals surface area contributed by atoms with Crippen LogP contribution < -0.4 is 10.1 Å². The van der Waals surface area contributed by atoms with Crippen LogP contribution in [-0.4, -0.2) is 33.9 Å². The van der Waals surface area contributed by atoms with Gasteiger partial charge in [-0.25, -0.2) is 12.8 Å². The molecule has 2 aromatic rings. The van der Waals surface area contributed by atoms with E-state index in [-0.39, 0.29) is 11.0 Å². The van der Waals surface area contributed by atoms with Crippen molar-refractivity contribution in [3.8, 4) is 16.9 Å². The summed E-state index contributed by atoms with van der Waals surface area (Å²) in [7, 11) is -3.41. The third-order valence-corrected chi connectivity index (χ3v) is 5.23. The van der Waals surface area contributed by atoms with Crippen molar-refractivity contribution in [2.75, 3.05) is 19.3 Å². The first-order chi connectivity index (χ1) is 11.4. The molecule has 6 heteroatoms. The summed E-state index contributed by atoms with van der Waals surface area (Å²) in [5.74, 6) is 0.212. The quantitative estimate of drug-likeness (QED) is 0.922. The minimum Gasteiger partial charge on any atom is -0.490 e. The fourth-order valence-corrected chi connectivity index (χ4v) is 3.41. The zero-order valence-electron chi connectivity index (χ0n) is 13.5. The van der Waals surface area contributed by atoms with E-state index >= 15 is 0 Å². The van der Waals surface area contributed by atoms with Gasteiger partial charge in [0.15, 0.2) is 9.84 Å². The van der Waals surface area contributed by atoms with E-state index in [0.29, 0.717) is 11.1 Å². The lowest BCUT2D eigenvalue weighted by molar-refractivity contribution is 0.162. The van der Waals surface area contributed by atoms with E-state index in [1.165, 1.54) is 12.1 Å². The molecule has 0 amide bonds. The molecule has 0 atom stereocenters. The fraction of sp³-hybridized carbons (Fsp3) is 0.333. The molecule has 1 heterocycles. The molecule has 0 bridgehead atoms. The highest BCUT2D eigenvalue weighted by atomic mass is 32.2. The van der Waals surface area contributed by atoms with E-state index in [0.717, 1.165) is 44.0 Å². The summed E-state index contributed by atoms with van der Waals surface area (Å²) in [6.45, 7) is 1.92. The number of sulfone groups is 1. The average molecular weight is 349 g/mol. The van der Waals surface area contributed by atoms with Crippen LogP contribution in [-0.2, 0) is 9.84 Å². The first kappa shape index (κ1) is 16.9. The molecule has 1 fully saturated rings. The minimum absolute atomic E-state index is 0.0189. The van der Waals surface area contributed by atoms with Crippen molar-refractivity contribution in [1.82, 2.24) is 5.32 Å². The number of hydrogen-bond donors (Lipinski definition) is 1. The number of rotatable bonds is 4. The van der Waals surface area contributed by atoms with Crippen LogP contribution in [0.15, 0.2) is 47.4 Å². The van der Waals surface area contributed by atoms with Crippen molar-refractivity contribution in [3.05, 3.63) is 48.3 Å². The van der Waals surface area contributed by atoms with Crippen LogP contribution in [0.3, 0.4) is 0 Å². The second kappa shape index (κ2) is 6.91. The summed E-state index contributed by atoms with van der Waals surface area (Å²) in [6, 6.07) is 11.2. The molecule has 0 saturated carbocycles. The second-order valence-electron chi connectivity index (χ2n) is 6.01. The van der Waals surface area contributed by atoms with Gasteiger partial charge in [0.05, 0.1) is 4.90 Å². The largest absolute Gasteiger partial charge is 0.490 e. The Labute approximate surface area is 141 Å². The van der Waals surface area contributed by atoms with Crippen molar-refractivity contribution in [2.45, 2.75) is 23.8 Å². The van der Waals surface area contributed by atoms with Gasteiger partial charge in [-0.2, -0.15) is 0 Å². The van der Waals surface area contributed by atoms with Gasteiger partial charge in [0, 0.05) is 11.8 Å². The molecular formula is C18H20FNO3S. The van der Waals surface area contributed by atoms with Crippen LogP contribution in [0.5, 0.6) is 5.75 Å². The maximum atomic E-state index is 14.2. The molecule has 0 spiro atoms. The molecule has 128 valence electrons. The van der Waals surface area contributed by atoms with E-state index in [1.807, 2.05) is 12.1 Å². The smallest absolute Gasteiger partial charge is 0.175 e. The number of nitrogens with one attached hydrogen (secondary N) is 1. The number of halogens is 1. The van der Waals surface area contributed by atoms with E-state index < -0.39 is 15.7 Å². The van der Waals surface area contributed by atoms with Gasteiger partial charge in [-0.05, 0) is 55.8 Å². The first-order valence-corrected chi connectivity index (χ1v) is 9.80. The molecule has 4 nitrogen and oxygen atoms in total. The van der Waals surface area contributed by atoms with E-state index in [9.17, 15) is 12.8 Å². The zero-order chi connectivity index (χ0) is 17.2. The number of hydrogen-bond acceptors (Lipinski definition) is 4. The number of piperidine rings is 1. The standard InChI is InChI=1S/C18H20FNO3S/c1-24(21,22)16-6-7-17(18(19)12-16)13-2-4-14(5-3-13)23-15-8-10-20-11-9-15/h2-7,12,15,20H,8-11H2,1H3. The molecule has 2 aromatic carbocycles. The predicted molar refractivity (Wildman–Crippen MR) is 91.5 cm³/mol. The van der Waals surface area contributed by atoms with Crippen LogP contribution in [0.2, 0.25) is 0 Å². The van der Waals surface area contributed by atoms with Crippen molar-refractivity contribution in [1.29, 1.82) is 0 Å². The number of ether oxygens (including phenoxy) is 1. The van der Waals surface area contributed by atoms with Gasteiger partial charge >= 0.3 is 0 Å². The first-order valence-electron chi connectivity index (χ1n) is 7.91. The molecule has 1 aliphatic rings. The lowest BCUT2D eigenvalue weighted by Gasteiger charge is -2.23. The Kier molecular flexibility index (Phi) is 4.87. The van der Waals surface area contributed by atoms with Crippen LogP contribution >= 0.6 is 0 Å². The van der Waals surface area contributed by atoms with Gasteiger partial charge < -0.3 is 10.1 Å². The maximum absolute atomic E-state index is 14.2. The SMILES string of the molecule is CS(=O)(=O)c1ccc(-c2ccc(OC3CCNCC3)cc2)c(F)c1. The summed E-state index contributed by atoms with van der Waals surface area (Å²) < 4.78 is 43.1. The molecule has 3 rings (SSSR count). The highest BCUT2D eigenvalue weighted by Crippen LogP contribution is 2.27. The summed E-state index contributed by atoms with van der Waals surface area (Å²) in [5, 5.41) is 3.29. The van der Waals surface area contributed by atoms with Crippen molar-refractivity contribution >= 4 is 9.84 Å². The fourth-order valence-electron chi connectivity index (χ4n) is 2.78. The average Bonchev–Trinajstić information content (AvgIpc) is 2.56. The molecule has 1 saturated heterocycles. The Morgan fingerprint density at radius 1 is 1.08 bits per heavy atom. The summed E-state index contributed by atoms with van der Waals surface area (Å²) in [5.41, 5.74) is 1.06. The van der Waals surface area contributed by atoms with Gasteiger partial charge in [0.1, 0.15) is 17.7 Å². The van der Waals surface area contributed by atoms with Gasteiger partial charge in [-0.15, -0.1) is 0 Å². The Balaban J connectivity index is 1.78. The summed E-state index contributed by atoms with van der Waals surface area (Å²) in [4.78, 5) is -0.0189. The van der Waals surface area contributed by atoms with E-state index in [2.05, 4.69) is 5.32 Å². The maximum Gasteiger partial charge on any atom is 0.175 e. The van der Waals surface area contributed by atoms with Crippen molar-refractivity contribution in [3.63, 3.8) is 0 Å². The zero-order valence-corrected chi connectivity index (χ0v) is 14.3. The molecule has 1 aliphatic heterocycles. The van der Waals surface area contributed by atoms with Crippen molar-refractivity contribution < 1.29 is 17.5 Å². The Bertz CT molecular complexity index is 813. The molecular weight excluding hydrogens is 329 g/mol. The molecule has 0 aromatic heterocycles. The number of benzene rings is 2. The van der Waals surface area contributed by atoms with Crippen molar-refractivity contribution in [2.24, 2.45) is 0 Å². The Morgan fingerprint density at radius 3 is 2.33 bits per heavy atom. The predicted octanol–water partition coefficient (Wildman–Crippen LogP) is 3.03. The molecule has 0 aliphatic carbocycles. The van der Waals surface area contributed by atoms with Crippen LogP contribution in [0.1, 0.15) is 12.8 Å². The van der Waals surface area contributed by atoms with E-state index in [4.69, 9.17) is 4.74 Å². The van der Waals surface area contributed by atoms with Crippen LogP contribution in [0.4, 0.5) is 4.39 Å². The molecule has 24 heavy (non-hydrogen) atoms. The van der Waals surface area contributed by atoms with E-state index in [1.54, 1.807) is 12.1 Å². The Hall–Kier alpha value is -1.92. The second-order valence-corrected chi connectivity index (χ2v) is 8.02. The third-order valence-electron chi connectivity index (χ3n) is 4.12. The topological polar surface area (TPSA) is 55.4 Å². The highest BCUT2D eigenvalue weighted by molar-refractivity contribution is 7.90. The normalized spacial score (nSPS) is 16.1. The molecule has 0 radical (unpaired) electrons. The van der Waals surface area contributed by atoms with Gasteiger partial charge in [0.25, 0.3) is 0 Å². The highest BCUT2D eigenvalue weighted by Gasteiger charge is 2.15. The van der Waals surface area contributed by atoms with Crippen LogP contribution in [0, 0.1) is 5.82 Å². The van der Waals surface area contributed by atoms with Crippen LogP contribution in [0.25, 0.3) is 11.1 Å². The summed E-state index contributed by atoms with van der Waals surface area (Å²) in [6.07, 6.45) is 3.23. The Morgan fingerprint density at radius 2 is 1.75 bits per heavy atom. The minimum atomic E-state index is -3.41. The van der Waals surface area contributed by atoms with Gasteiger partial charge in [-0.1, -0.05) is 18.2 Å².